The van der Waals surface area contributed by atoms with Crippen molar-refractivity contribution in [1.29, 1.82) is 5.26 Å². The molecule has 0 atom stereocenters. The molecule has 1 fully saturated rings. The topological polar surface area (TPSA) is 98.8 Å². The van der Waals surface area contributed by atoms with Crippen molar-refractivity contribution >= 4 is 11.8 Å². The minimum Gasteiger partial charge on any atom is -0.494 e. The van der Waals surface area contributed by atoms with E-state index in [1.807, 2.05) is 53.4 Å². The highest BCUT2D eigenvalue weighted by Gasteiger charge is 2.19. The number of benzene rings is 2. The number of hydrogen-bond acceptors (Lipinski definition) is 6. The molecule has 8 nitrogen and oxygen atoms in total. The summed E-state index contributed by atoms with van der Waals surface area (Å²) >= 11 is 0. The summed E-state index contributed by atoms with van der Waals surface area (Å²) in [5.74, 6) is 0.852. The van der Waals surface area contributed by atoms with Gasteiger partial charge in [0, 0.05) is 39.1 Å². The molecule has 37 heavy (non-hydrogen) atoms. The van der Waals surface area contributed by atoms with E-state index in [0.29, 0.717) is 25.3 Å². The Morgan fingerprint density at radius 3 is 2.43 bits per heavy atom. The number of nitrogens with one attached hydrogen (secondary N) is 1. The number of nitriles is 1. The zero-order valence-electron chi connectivity index (χ0n) is 20.9. The molecule has 1 aromatic heterocycles. The molecule has 2 heterocycles. The van der Waals surface area contributed by atoms with Crippen molar-refractivity contribution in [3.8, 4) is 22.9 Å². The molecular formula is C29H32N4O4. The average Bonchev–Trinajstić information content (AvgIpc) is 3.38. The molecule has 0 spiro atoms. The highest BCUT2D eigenvalue weighted by Crippen LogP contribution is 2.23. The summed E-state index contributed by atoms with van der Waals surface area (Å²) in [7, 11) is 0. The first-order valence-corrected chi connectivity index (χ1v) is 12.7. The fourth-order valence-corrected chi connectivity index (χ4v) is 4.34. The van der Waals surface area contributed by atoms with Crippen LogP contribution in [0, 0.1) is 11.3 Å². The van der Waals surface area contributed by atoms with Crippen LogP contribution in [0.3, 0.4) is 0 Å². The molecule has 192 valence electrons. The number of furan rings is 1. The smallest absolute Gasteiger partial charge is 0.286 e. The van der Waals surface area contributed by atoms with E-state index in [4.69, 9.17) is 14.4 Å². The van der Waals surface area contributed by atoms with Gasteiger partial charge in [0.1, 0.15) is 5.75 Å². The van der Waals surface area contributed by atoms with Crippen LogP contribution >= 0.6 is 0 Å². The fraction of sp³-hybridized carbons (Fsp3) is 0.345. The quantitative estimate of drug-likeness (QED) is 0.424. The third kappa shape index (κ3) is 7.69. The Labute approximate surface area is 217 Å². The largest absolute Gasteiger partial charge is 0.494 e. The molecule has 2 amide bonds. The Kier molecular flexibility index (Phi) is 9.33. The molecule has 4 rings (SSSR count). The van der Waals surface area contributed by atoms with Crippen molar-refractivity contribution in [2.75, 3.05) is 45.9 Å². The van der Waals surface area contributed by atoms with Crippen LogP contribution in [0.1, 0.15) is 35.4 Å². The SMILES string of the molecule is N#Cc1ccc(-c2ccc(OCCCN3CCCN(C(=O)CCNC(=O)c4ccco4)CC3)cc2)cc1. The van der Waals surface area contributed by atoms with Crippen LogP contribution in [0.4, 0.5) is 0 Å². The normalized spacial score (nSPS) is 14.0. The molecule has 1 saturated heterocycles. The summed E-state index contributed by atoms with van der Waals surface area (Å²) in [6, 6.07) is 20.9. The number of rotatable bonds is 10. The van der Waals surface area contributed by atoms with Crippen molar-refractivity contribution < 1.29 is 18.7 Å². The van der Waals surface area contributed by atoms with Crippen molar-refractivity contribution in [2.24, 2.45) is 0 Å². The molecule has 0 saturated carbocycles. The highest BCUT2D eigenvalue weighted by molar-refractivity contribution is 5.91. The number of nitrogens with zero attached hydrogens (tertiary/aromatic N) is 3. The lowest BCUT2D eigenvalue weighted by molar-refractivity contribution is -0.130. The molecule has 3 aromatic rings. The Morgan fingerprint density at radius 2 is 1.73 bits per heavy atom. The molecule has 0 radical (unpaired) electrons. The fourth-order valence-electron chi connectivity index (χ4n) is 4.34. The van der Waals surface area contributed by atoms with Crippen molar-refractivity contribution in [3.05, 3.63) is 78.3 Å². The Hall–Kier alpha value is -4.09. The van der Waals surface area contributed by atoms with Gasteiger partial charge in [-0.25, -0.2) is 0 Å². The molecule has 0 aliphatic carbocycles. The second kappa shape index (κ2) is 13.3. The first kappa shape index (κ1) is 26.0. The van der Waals surface area contributed by atoms with Gasteiger partial charge >= 0.3 is 0 Å². The van der Waals surface area contributed by atoms with Gasteiger partial charge in [-0.1, -0.05) is 24.3 Å². The predicted octanol–water partition coefficient (Wildman–Crippen LogP) is 3.94. The Bertz CT molecular complexity index is 1180. The molecule has 1 aliphatic rings. The van der Waals surface area contributed by atoms with Gasteiger partial charge in [-0.3, -0.25) is 9.59 Å². The Balaban J connectivity index is 1.12. The second-order valence-electron chi connectivity index (χ2n) is 8.97. The van der Waals surface area contributed by atoms with E-state index in [2.05, 4.69) is 16.3 Å². The first-order valence-electron chi connectivity index (χ1n) is 12.7. The van der Waals surface area contributed by atoms with Crippen molar-refractivity contribution in [2.45, 2.75) is 19.3 Å². The summed E-state index contributed by atoms with van der Waals surface area (Å²) in [5.41, 5.74) is 2.80. The van der Waals surface area contributed by atoms with Crippen molar-refractivity contribution in [3.63, 3.8) is 0 Å². The minimum atomic E-state index is -0.302. The van der Waals surface area contributed by atoms with Crippen LogP contribution in [0.2, 0.25) is 0 Å². The molecule has 1 N–H and O–H groups in total. The van der Waals surface area contributed by atoms with Crippen LogP contribution in [0.5, 0.6) is 5.75 Å². The second-order valence-corrected chi connectivity index (χ2v) is 8.97. The lowest BCUT2D eigenvalue weighted by Gasteiger charge is -2.22. The van der Waals surface area contributed by atoms with Crippen molar-refractivity contribution in [1.82, 2.24) is 15.1 Å². The zero-order chi connectivity index (χ0) is 25.9. The zero-order valence-corrected chi connectivity index (χ0v) is 20.9. The van der Waals surface area contributed by atoms with Gasteiger partial charge in [0.05, 0.1) is 24.5 Å². The highest BCUT2D eigenvalue weighted by atomic mass is 16.5. The average molecular weight is 501 g/mol. The first-order chi connectivity index (χ1) is 18.1. The van der Waals surface area contributed by atoms with Gasteiger partial charge < -0.3 is 24.3 Å². The molecule has 2 aromatic carbocycles. The molecular weight excluding hydrogens is 468 g/mol. The van der Waals surface area contributed by atoms with Gasteiger partial charge in [-0.2, -0.15) is 5.26 Å². The van der Waals surface area contributed by atoms with E-state index in [-0.39, 0.29) is 24.0 Å². The third-order valence-corrected chi connectivity index (χ3v) is 6.40. The monoisotopic (exact) mass is 500 g/mol. The van der Waals surface area contributed by atoms with Crippen LogP contribution in [0.15, 0.2) is 71.3 Å². The van der Waals surface area contributed by atoms with Crippen LogP contribution in [-0.4, -0.2) is 67.5 Å². The lowest BCUT2D eigenvalue weighted by atomic mass is 10.0. The summed E-state index contributed by atoms with van der Waals surface area (Å²) in [6.45, 7) is 5.08. The van der Waals surface area contributed by atoms with Gasteiger partial charge in [-0.15, -0.1) is 0 Å². The molecule has 1 aliphatic heterocycles. The summed E-state index contributed by atoms with van der Waals surface area (Å²) in [4.78, 5) is 28.8. The molecule has 8 heteroatoms. The number of carbonyl (C=O) groups is 2. The van der Waals surface area contributed by atoms with Gasteiger partial charge in [0.2, 0.25) is 5.91 Å². The summed E-state index contributed by atoms with van der Waals surface area (Å²) < 4.78 is 11.0. The van der Waals surface area contributed by atoms with E-state index in [1.165, 1.54) is 6.26 Å². The number of ether oxygens (including phenoxy) is 1. The summed E-state index contributed by atoms with van der Waals surface area (Å²) in [6.07, 6.45) is 3.57. The lowest BCUT2D eigenvalue weighted by Crippen LogP contribution is -2.37. The minimum absolute atomic E-state index is 0.0642. The van der Waals surface area contributed by atoms with E-state index >= 15 is 0 Å². The molecule has 0 bridgehead atoms. The van der Waals surface area contributed by atoms with Crippen LogP contribution < -0.4 is 10.1 Å². The number of amides is 2. The maximum Gasteiger partial charge on any atom is 0.286 e. The number of carbonyl (C=O) groups excluding carboxylic acids is 2. The standard InChI is InChI=1S/C29H32N4O4/c30-22-23-5-7-24(8-6-23)25-9-11-26(12-10-25)36-21-3-16-32-15-2-17-33(19-18-32)28(34)13-14-31-29(35)27-4-1-20-37-27/h1,4-12,20H,2-3,13-19,21H2,(H,31,35). The van der Waals surface area contributed by atoms with Gasteiger partial charge in [0.15, 0.2) is 5.76 Å². The summed E-state index contributed by atoms with van der Waals surface area (Å²) in [5, 5.41) is 11.7. The van der Waals surface area contributed by atoms with Gasteiger partial charge in [0.25, 0.3) is 5.91 Å². The predicted molar refractivity (Wildman–Crippen MR) is 140 cm³/mol. The van der Waals surface area contributed by atoms with Gasteiger partial charge in [-0.05, 0) is 66.9 Å². The number of hydrogen-bond donors (Lipinski definition) is 1. The maximum atomic E-state index is 12.6. The maximum absolute atomic E-state index is 12.6. The third-order valence-electron chi connectivity index (χ3n) is 6.40. The van der Waals surface area contributed by atoms with E-state index in [0.717, 1.165) is 55.9 Å². The van der Waals surface area contributed by atoms with E-state index in [9.17, 15) is 9.59 Å². The Morgan fingerprint density at radius 1 is 0.973 bits per heavy atom. The van der Waals surface area contributed by atoms with E-state index < -0.39 is 0 Å². The van der Waals surface area contributed by atoms with Crippen LogP contribution in [-0.2, 0) is 4.79 Å². The molecule has 0 unspecified atom stereocenters. The van der Waals surface area contributed by atoms with E-state index in [1.54, 1.807) is 12.1 Å². The van der Waals surface area contributed by atoms with Crippen LogP contribution in [0.25, 0.3) is 11.1 Å².